The summed E-state index contributed by atoms with van der Waals surface area (Å²) in [5.74, 6) is -0.478. The van der Waals surface area contributed by atoms with E-state index < -0.39 is 16.0 Å². The summed E-state index contributed by atoms with van der Waals surface area (Å²) in [7, 11) is -4.41. The van der Waals surface area contributed by atoms with E-state index in [1.165, 1.54) is 0 Å². The summed E-state index contributed by atoms with van der Waals surface area (Å²) in [6.07, 6.45) is 3.51. The van der Waals surface area contributed by atoms with Gasteiger partial charge in [0.05, 0.1) is 5.75 Å². The molecule has 16 heavy (non-hydrogen) atoms. The van der Waals surface area contributed by atoms with Gasteiger partial charge in [0.2, 0.25) is 0 Å². The number of hydrogen-bond donors (Lipinski definition) is 0. The number of aryl methyl sites for hydroxylation is 1. The first-order valence-corrected chi connectivity index (χ1v) is 6.35. The molecule has 3 nitrogen and oxygen atoms in total. The number of rotatable bonds is 3. The fourth-order valence-corrected chi connectivity index (χ4v) is 2.10. The number of pyridine rings is 1. The molecule has 0 saturated heterocycles. The van der Waals surface area contributed by atoms with Gasteiger partial charge < -0.3 is 0 Å². The van der Waals surface area contributed by atoms with E-state index in [0.717, 1.165) is 16.3 Å². The molecule has 0 spiro atoms. The van der Waals surface area contributed by atoms with Crippen molar-refractivity contribution in [2.24, 2.45) is 0 Å². The lowest BCUT2D eigenvalue weighted by Gasteiger charge is -2.04. The monoisotopic (exact) mass is 239 g/mol. The van der Waals surface area contributed by atoms with Crippen LogP contribution in [0.2, 0.25) is 0 Å². The third-order valence-electron chi connectivity index (χ3n) is 2.39. The Bertz CT molecular complexity index is 605. The minimum atomic E-state index is -4.41. The van der Waals surface area contributed by atoms with E-state index in [4.69, 9.17) is 0 Å². The zero-order chi connectivity index (χ0) is 11.6. The van der Waals surface area contributed by atoms with Crippen LogP contribution in [0.3, 0.4) is 0 Å². The van der Waals surface area contributed by atoms with Crippen LogP contribution in [0.25, 0.3) is 10.8 Å². The van der Waals surface area contributed by atoms with Crippen LogP contribution in [-0.4, -0.2) is 19.2 Å². The van der Waals surface area contributed by atoms with Gasteiger partial charge in [-0.3, -0.25) is 4.98 Å². The Morgan fingerprint density at radius 1 is 1.25 bits per heavy atom. The maximum atomic E-state index is 12.4. The Hall–Kier alpha value is -1.49. The minimum absolute atomic E-state index is 0.181. The highest BCUT2D eigenvalue weighted by Gasteiger charge is 2.09. The molecule has 0 aliphatic rings. The molecular weight excluding hydrogens is 229 g/mol. The summed E-state index contributed by atoms with van der Waals surface area (Å²) in [6, 6.07) is 7.29. The summed E-state index contributed by atoms with van der Waals surface area (Å²) in [5.41, 5.74) is 0.820. The van der Waals surface area contributed by atoms with Crippen molar-refractivity contribution in [1.29, 1.82) is 0 Å². The summed E-state index contributed by atoms with van der Waals surface area (Å²) < 4.78 is 33.4. The van der Waals surface area contributed by atoms with E-state index in [1.807, 2.05) is 12.1 Å². The molecule has 5 heteroatoms. The van der Waals surface area contributed by atoms with Gasteiger partial charge in [0.25, 0.3) is 0 Å². The molecule has 0 amide bonds. The molecule has 0 radical (unpaired) electrons. The molecule has 0 saturated carbocycles. The van der Waals surface area contributed by atoms with Crippen molar-refractivity contribution >= 4 is 21.0 Å². The first-order valence-electron chi connectivity index (χ1n) is 4.80. The van der Waals surface area contributed by atoms with Crippen molar-refractivity contribution in [2.45, 2.75) is 6.42 Å². The highest BCUT2D eigenvalue weighted by atomic mass is 32.3. The molecule has 0 aliphatic carbocycles. The number of halogens is 1. The van der Waals surface area contributed by atoms with Crippen molar-refractivity contribution in [3.63, 3.8) is 0 Å². The zero-order valence-electron chi connectivity index (χ0n) is 8.43. The molecule has 2 rings (SSSR count). The van der Waals surface area contributed by atoms with Crippen LogP contribution in [0.4, 0.5) is 3.89 Å². The average Bonchev–Trinajstić information content (AvgIpc) is 2.25. The van der Waals surface area contributed by atoms with Gasteiger partial charge in [-0.25, -0.2) is 0 Å². The molecule has 0 N–H and O–H groups in total. The average molecular weight is 239 g/mol. The Labute approximate surface area is 93.1 Å². The molecule has 2 aromatic rings. The second kappa shape index (κ2) is 4.17. The van der Waals surface area contributed by atoms with Crippen molar-refractivity contribution < 1.29 is 12.3 Å². The predicted octanol–water partition coefficient (Wildman–Crippen LogP) is 2.08. The van der Waals surface area contributed by atoms with Gasteiger partial charge in [0.15, 0.2) is 0 Å². The van der Waals surface area contributed by atoms with Gasteiger partial charge in [-0.1, -0.05) is 18.2 Å². The van der Waals surface area contributed by atoms with Crippen molar-refractivity contribution in [3.05, 3.63) is 42.2 Å². The van der Waals surface area contributed by atoms with E-state index in [9.17, 15) is 12.3 Å². The van der Waals surface area contributed by atoms with Crippen LogP contribution >= 0.6 is 0 Å². The maximum absolute atomic E-state index is 12.4. The topological polar surface area (TPSA) is 47.0 Å². The van der Waals surface area contributed by atoms with Crippen LogP contribution in [0.15, 0.2) is 36.7 Å². The quantitative estimate of drug-likeness (QED) is 0.770. The second-order valence-electron chi connectivity index (χ2n) is 3.51. The van der Waals surface area contributed by atoms with Gasteiger partial charge >= 0.3 is 10.2 Å². The summed E-state index contributed by atoms with van der Waals surface area (Å²) in [4.78, 5) is 3.97. The van der Waals surface area contributed by atoms with Crippen molar-refractivity contribution in [1.82, 2.24) is 4.98 Å². The molecule has 1 aromatic carbocycles. The van der Waals surface area contributed by atoms with Crippen LogP contribution in [0, 0.1) is 0 Å². The molecule has 0 fully saturated rings. The van der Waals surface area contributed by atoms with E-state index >= 15 is 0 Å². The molecule has 84 valence electrons. The fraction of sp³-hybridized carbons (Fsp3) is 0.182. The van der Waals surface area contributed by atoms with Crippen molar-refractivity contribution in [3.8, 4) is 0 Å². The largest absolute Gasteiger partial charge is 0.302 e. The van der Waals surface area contributed by atoms with Gasteiger partial charge in [-0.15, -0.1) is 3.89 Å². The molecule has 1 aromatic heterocycles. The number of hydrogen-bond acceptors (Lipinski definition) is 3. The zero-order valence-corrected chi connectivity index (χ0v) is 9.24. The standard InChI is InChI=1S/C11H10FNO2S/c12-16(14,15)7-5-9-2-1-3-10-8-13-6-4-11(9)10/h1-4,6,8H,5,7H2. The smallest absolute Gasteiger partial charge is 0.264 e. The lowest BCUT2D eigenvalue weighted by atomic mass is 10.1. The van der Waals surface area contributed by atoms with Crippen LogP contribution < -0.4 is 0 Å². The van der Waals surface area contributed by atoms with E-state index in [0.29, 0.717) is 0 Å². The third-order valence-corrected chi connectivity index (χ3v) is 3.08. The molecule has 0 bridgehead atoms. The Morgan fingerprint density at radius 2 is 2.06 bits per heavy atom. The number of benzene rings is 1. The minimum Gasteiger partial charge on any atom is -0.264 e. The van der Waals surface area contributed by atoms with Gasteiger partial charge in [0.1, 0.15) is 0 Å². The van der Waals surface area contributed by atoms with E-state index in [2.05, 4.69) is 4.98 Å². The Morgan fingerprint density at radius 3 is 2.81 bits per heavy atom. The lowest BCUT2D eigenvalue weighted by Crippen LogP contribution is -2.02. The second-order valence-corrected chi connectivity index (χ2v) is 4.99. The van der Waals surface area contributed by atoms with Crippen LogP contribution in [-0.2, 0) is 16.6 Å². The normalized spacial score (nSPS) is 11.8. The van der Waals surface area contributed by atoms with Crippen LogP contribution in [0.5, 0.6) is 0 Å². The first-order chi connectivity index (χ1) is 7.56. The van der Waals surface area contributed by atoms with Gasteiger partial charge in [-0.05, 0) is 23.4 Å². The highest BCUT2D eigenvalue weighted by Crippen LogP contribution is 2.18. The van der Waals surface area contributed by atoms with E-state index in [-0.39, 0.29) is 6.42 Å². The Kier molecular flexibility index (Phi) is 2.87. The number of aromatic nitrogens is 1. The third kappa shape index (κ3) is 2.55. The summed E-state index contributed by atoms with van der Waals surface area (Å²) >= 11 is 0. The molecule has 1 heterocycles. The van der Waals surface area contributed by atoms with Crippen molar-refractivity contribution in [2.75, 3.05) is 5.75 Å². The Balaban J connectivity index is 2.38. The van der Waals surface area contributed by atoms with Crippen LogP contribution in [0.1, 0.15) is 5.56 Å². The van der Waals surface area contributed by atoms with Gasteiger partial charge in [-0.2, -0.15) is 8.42 Å². The molecular formula is C11H10FNO2S. The highest BCUT2D eigenvalue weighted by molar-refractivity contribution is 7.86. The SMILES string of the molecule is O=S(=O)(F)CCc1cccc2cnccc12. The molecule has 0 atom stereocenters. The summed E-state index contributed by atoms with van der Waals surface area (Å²) in [5, 5.41) is 1.84. The maximum Gasteiger partial charge on any atom is 0.302 e. The molecule has 0 unspecified atom stereocenters. The lowest BCUT2D eigenvalue weighted by molar-refractivity contribution is 0.551. The number of fused-ring (bicyclic) bond motifs is 1. The van der Waals surface area contributed by atoms with Gasteiger partial charge in [0, 0.05) is 17.8 Å². The summed E-state index contributed by atoms with van der Waals surface area (Å²) in [6.45, 7) is 0. The fourth-order valence-electron chi connectivity index (χ4n) is 1.64. The molecule has 0 aliphatic heterocycles. The van der Waals surface area contributed by atoms with E-state index in [1.54, 1.807) is 24.5 Å². The predicted molar refractivity (Wildman–Crippen MR) is 60.3 cm³/mol. The first kappa shape index (κ1) is 11.0. The number of nitrogens with zero attached hydrogens (tertiary/aromatic N) is 1.